The summed E-state index contributed by atoms with van der Waals surface area (Å²) >= 11 is 0. The summed E-state index contributed by atoms with van der Waals surface area (Å²) in [6.45, 7) is 0. The van der Waals surface area contributed by atoms with Crippen LogP contribution >= 0.6 is 0 Å². The van der Waals surface area contributed by atoms with Gasteiger partial charge in [-0.25, -0.2) is 9.98 Å². The Hall–Kier alpha value is -6.00. The smallest absolute Gasteiger partial charge is 0.160 e. The third-order valence-electron chi connectivity index (χ3n) is 9.10. The number of amidine groups is 2. The zero-order valence-corrected chi connectivity index (χ0v) is 25.3. The van der Waals surface area contributed by atoms with Crippen molar-refractivity contribution in [3.8, 4) is 11.1 Å². The fraction of sp³-hybridized carbons (Fsp3) is 0.0476. The van der Waals surface area contributed by atoms with Crippen LogP contribution in [0.25, 0.3) is 54.6 Å². The molecule has 4 heteroatoms. The Morgan fingerprint density at radius 1 is 0.543 bits per heavy atom. The van der Waals surface area contributed by atoms with Crippen LogP contribution in [0.4, 0.5) is 0 Å². The lowest BCUT2D eigenvalue weighted by Gasteiger charge is -2.32. The molecule has 46 heavy (non-hydrogen) atoms. The molecule has 8 aromatic rings. The number of rotatable bonds is 4. The van der Waals surface area contributed by atoms with E-state index in [1.165, 1.54) is 27.1 Å². The molecule has 0 N–H and O–H groups in total. The van der Waals surface area contributed by atoms with Crippen molar-refractivity contribution < 1.29 is 4.42 Å². The standard InChI is InChI=1S/C42H29N3O/c1-45-41(29-13-3-2-4-14-29)43-40(44-42(45)32-22-21-27-11-5-6-15-30(27)25-32)36-19-10-20-37-39(36)35-24-23-31(26-38(35)46-37)34-18-9-16-28-12-7-8-17-33(28)34/h2-26,42H,1H3. The van der Waals surface area contributed by atoms with Crippen molar-refractivity contribution in [3.05, 3.63) is 168 Å². The maximum Gasteiger partial charge on any atom is 0.160 e. The Morgan fingerprint density at radius 3 is 2.17 bits per heavy atom. The minimum Gasteiger partial charge on any atom is -0.456 e. The van der Waals surface area contributed by atoms with Gasteiger partial charge in [-0.2, -0.15) is 0 Å². The minimum atomic E-state index is -0.251. The highest BCUT2D eigenvalue weighted by atomic mass is 16.3. The minimum absolute atomic E-state index is 0.251. The second kappa shape index (κ2) is 10.6. The Balaban J connectivity index is 1.23. The highest BCUT2D eigenvalue weighted by Crippen LogP contribution is 2.38. The molecule has 1 unspecified atom stereocenters. The number of nitrogens with zero attached hydrogens (tertiary/aromatic N) is 3. The van der Waals surface area contributed by atoms with Gasteiger partial charge in [-0.15, -0.1) is 0 Å². The second-order valence-corrected chi connectivity index (χ2v) is 11.9. The van der Waals surface area contributed by atoms with Gasteiger partial charge in [0.25, 0.3) is 0 Å². The van der Waals surface area contributed by atoms with E-state index in [1.54, 1.807) is 0 Å². The molecule has 2 heterocycles. The van der Waals surface area contributed by atoms with Crippen LogP contribution in [0.15, 0.2) is 166 Å². The second-order valence-electron chi connectivity index (χ2n) is 11.9. The summed E-state index contributed by atoms with van der Waals surface area (Å²) in [5.41, 5.74) is 7.11. The lowest BCUT2D eigenvalue weighted by molar-refractivity contribution is 0.383. The van der Waals surface area contributed by atoms with E-state index in [0.29, 0.717) is 5.84 Å². The van der Waals surface area contributed by atoms with Crippen molar-refractivity contribution in [2.45, 2.75) is 6.17 Å². The van der Waals surface area contributed by atoms with E-state index >= 15 is 0 Å². The van der Waals surface area contributed by atoms with Crippen LogP contribution in [0.2, 0.25) is 0 Å². The van der Waals surface area contributed by atoms with Gasteiger partial charge in [0.05, 0.1) is 0 Å². The number of benzene rings is 7. The maximum atomic E-state index is 6.54. The van der Waals surface area contributed by atoms with E-state index in [4.69, 9.17) is 14.4 Å². The summed E-state index contributed by atoms with van der Waals surface area (Å²) in [5.74, 6) is 1.58. The molecule has 218 valence electrons. The molecule has 4 nitrogen and oxygen atoms in total. The average Bonchev–Trinajstić information content (AvgIpc) is 3.50. The van der Waals surface area contributed by atoms with E-state index in [2.05, 4.69) is 145 Å². The molecule has 0 radical (unpaired) electrons. The predicted octanol–water partition coefficient (Wildman–Crippen LogP) is 10.4. The molecular weight excluding hydrogens is 562 g/mol. The van der Waals surface area contributed by atoms with Gasteiger partial charge in [-0.3, -0.25) is 0 Å². The molecule has 0 fully saturated rings. The number of fused-ring (bicyclic) bond motifs is 5. The summed E-state index contributed by atoms with van der Waals surface area (Å²) in [7, 11) is 2.08. The largest absolute Gasteiger partial charge is 0.456 e. The number of hydrogen-bond acceptors (Lipinski definition) is 4. The first-order valence-corrected chi connectivity index (χ1v) is 15.6. The number of furan rings is 1. The molecule has 0 saturated carbocycles. The van der Waals surface area contributed by atoms with Crippen molar-refractivity contribution in [2.24, 2.45) is 9.98 Å². The van der Waals surface area contributed by atoms with Crippen molar-refractivity contribution in [1.82, 2.24) is 4.90 Å². The Morgan fingerprint density at radius 2 is 1.28 bits per heavy atom. The Labute approximate surface area is 266 Å². The summed E-state index contributed by atoms with van der Waals surface area (Å²) < 4.78 is 6.54. The zero-order chi connectivity index (χ0) is 30.6. The van der Waals surface area contributed by atoms with Crippen molar-refractivity contribution in [3.63, 3.8) is 0 Å². The number of aliphatic imine (C=N–C) groups is 2. The van der Waals surface area contributed by atoms with Crippen molar-refractivity contribution in [2.75, 3.05) is 7.05 Å². The van der Waals surface area contributed by atoms with E-state index < -0.39 is 0 Å². The Kier molecular flexibility index (Phi) is 6.07. The molecule has 0 saturated heterocycles. The zero-order valence-electron chi connectivity index (χ0n) is 25.3. The first-order valence-electron chi connectivity index (χ1n) is 15.6. The number of hydrogen-bond donors (Lipinski definition) is 0. The average molecular weight is 592 g/mol. The van der Waals surface area contributed by atoms with E-state index in [9.17, 15) is 0 Å². The van der Waals surface area contributed by atoms with Crippen LogP contribution in [0, 0.1) is 0 Å². The molecule has 0 amide bonds. The monoisotopic (exact) mass is 591 g/mol. The normalized spacial score (nSPS) is 15.1. The first kappa shape index (κ1) is 26.4. The molecule has 1 aliphatic rings. The van der Waals surface area contributed by atoms with Gasteiger partial charge in [0.1, 0.15) is 17.0 Å². The van der Waals surface area contributed by atoms with Gasteiger partial charge in [-0.1, -0.05) is 127 Å². The summed E-state index contributed by atoms with van der Waals surface area (Å²) in [5, 5.41) is 6.93. The molecule has 7 aromatic carbocycles. The highest BCUT2D eigenvalue weighted by Gasteiger charge is 2.28. The lowest BCUT2D eigenvalue weighted by atomic mass is 9.97. The van der Waals surface area contributed by atoms with Gasteiger partial charge in [0, 0.05) is 28.9 Å². The van der Waals surface area contributed by atoms with Gasteiger partial charge < -0.3 is 9.32 Å². The van der Waals surface area contributed by atoms with Crippen molar-refractivity contribution in [1.29, 1.82) is 0 Å². The molecule has 9 rings (SSSR count). The van der Waals surface area contributed by atoms with Crippen LogP contribution in [0.1, 0.15) is 22.9 Å². The van der Waals surface area contributed by atoms with Crippen LogP contribution < -0.4 is 0 Å². The summed E-state index contributed by atoms with van der Waals surface area (Å²) in [6, 6.07) is 53.1. The molecular formula is C42H29N3O. The third kappa shape index (κ3) is 4.30. The fourth-order valence-corrected chi connectivity index (χ4v) is 6.83. The molecule has 0 spiro atoms. The molecule has 1 aliphatic heterocycles. The molecule has 1 atom stereocenters. The lowest BCUT2D eigenvalue weighted by Crippen LogP contribution is -2.35. The van der Waals surface area contributed by atoms with E-state index in [1.807, 2.05) is 18.2 Å². The van der Waals surface area contributed by atoms with Crippen LogP contribution in [-0.2, 0) is 0 Å². The van der Waals surface area contributed by atoms with Gasteiger partial charge in [0.15, 0.2) is 12.0 Å². The van der Waals surface area contributed by atoms with Gasteiger partial charge in [-0.05, 0) is 62.5 Å². The highest BCUT2D eigenvalue weighted by molar-refractivity contribution is 6.22. The van der Waals surface area contributed by atoms with Crippen LogP contribution in [0.5, 0.6) is 0 Å². The van der Waals surface area contributed by atoms with Gasteiger partial charge in [0.2, 0.25) is 0 Å². The van der Waals surface area contributed by atoms with E-state index in [0.717, 1.165) is 50.0 Å². The fourth-order valence-electron chi connectivity index (χ4n) is 6.83. The topological polar surface area (TPSA) is 41.1 Å². The SMILES string of the molecule is CN1C(c2ccccc2)=NC(c2cccc3oc4cc(-c5cccc6ccccc56)ccc4c23)=NC1c1ccc2ccccc2c1. The molecule has 1 aromatic heterocycles. The molecule has 0 aliphatic carbocycles. The molecule has 0 bridgehead atoms. The summed E-state index contributed by atoms with van der Waals surface area (Å²) in [4.78, 5) is 12.7. The third-order valence-corrected chi connectivity index (χ3v) is 9.10. The van der Waals surface area contributed by atoms with Crippen LogP contribution in [0.3, 0.4) is 0 Å². The quantitative estimate of drug-likeness (QED) is 0.204. The van der Waals surface area contributed by atoms with Crippen molar-refractivity contribution >= 4 is 55.2 Å². The van der Waals surface area contributed by atoms with Crippen LogP contribution in [-0.4, -0.2) is 23.6 Å². The first-order chi connectivity index (χ1) is 22.7. The van der Waals surface area contributed by atoms with E-state index in [-0.39, 0.29) is 6.17 Å². The maximum absolute atomic E-state index is 6.54. The van der Waals surface area contributed by atoms with Gasteiger partial charge >= 0.3 is 0 Å². The Bertz CT molecular complexity index is 2500. The summed E-state index contributed by atoms with van der Waals surface area (Å²) in [6.07, 6.45) is -0.251. The predicted molar refractivity (Wildman–Crippen MR) is 191 cm³/mol.